The van der Waals surface area contributed by atoms with Crippen molar-refractivity contribution in [2.75, 3.05) is 45.8 Å². The van der Waals surface area contributed by atoms with Crippen LogP contribution in [0.2, 0.25) is 5.02 Å². The van der Waals surface area contributed by atoms with Gasteiger partial charge in [-0.2, -0.15) is 0 Å². The van der Waals surface area contributed by atoms with Crippen molar-refractivity contribution < 1.29 is 4.79 Å². The number of piperazine rings is 1. The molecule has 1 aliphatic heterocycles. The Morgan fingerprint density at radius 3 is 2.11 bits per heavy atom. The molecule has 0 radical (unpaired) electrons. The van der Waals surface area contributed by atoms with E-state index in [2.05, 4.69) is 70.6 Å². The maximum atomic E-state index is 13.5. The van der Waals surface area contributed by atoms with Crippen LogP contribution >= 0.6 is 11.6 Å². The summed E-state index contributed by atoms with van der Waals surface area (Å²) in [7, 11) is 0. The number of urea groups is 1. The van der Waals surface area contributed by atoms with Crippen molar-refractivity contribution in [2.45, 2.75) is 12.5 Å². The molecule has 0 aliphatic carbocycles. The first kappa shape index (κ1) is 26.0. The third-order valence-corrected chi connectivity index (χ3v) is 6.77. The fraction of sp³-hybridized carbons (Fsp3) is 0.300. The largest absolute Gasteiger partial charge is 0.334 e. The number of halogens is 1. The van der Waals surface area contributed by atoms with Crippen LogP contribution in [0.25, 0.3) is 0 Å². The molecular formula is C30H35ClN4O. The van der Waals surface area contributed by atoms with Crippen LogP contribution in [0.3, 0.4) is 0 Å². The number of carbonyl (C=O) groups excluding carboxylic acids is 1. The van der Waals surface area contributed by atoms with E-state index < -0.39 is 0 Å². The minimum Gasteiger partial charge on any atom is -0.334 e. The zero-order chi connectivity index (χ0) is 25.2. The van der Waals surface area contributed by atoms with Crippen molar-refractivity contribution in [3.05, 3.63) is 119 Å². The maximum absolute atomic E-state index is 13.5. The van der Waals surface area contributed by atoms with Gasteiger partial charge in [0.1, 0.15) is 0 Å². The SMILES string of the molecule is C=C(CN1CCNCC1)CN(CC(c1ccccc1)c1ccccc1)C(=O)NCc1ccc(Cl)cc1. The Hall–Kier alpha value is -3.12. The molecule has 1 saturated heterocycles. The minimum absolute atomic E-state index is 0.0562. The molecule has 0 atom stereocenters. The van der Waals surface area contributed by atoms with E-state index in [4.69, 9.17) is 11.6 Å². The van der Waals surface area contributed by atoms with Crippen LogP contribution in [0, 0.1) is 0 Å². The summed E-state index contributed by atoms with van der Waals surface area (Å²) in [4.78, 5) is 17.8. The van der Waals surface area contributed by atoms with Crippen molar-refractivity contribution in [3.8, 4) is 0 Å². The van der Waals surface area contributed by atoms with Gasteiger partial charge in [-0.25, -0.2) is 4.79 Å². The highest BCUT2D eigenvalue weighted by Crippen LogP contribution is 2.26. The van der Waals surface area contributed by atoms with Gasteiger partial charge in [0, 0.05) is 63.3 Å². The van der Waals surface area contributed by atoms with Gasteiger partial charge >= 0.3 is 6.03 Å². The third-order valence-electron chi connectivity index (χ3n) is 6.52. The van der Waals surface area contributed by atoms with Crippen molar-refractivity contribution in [1.82, 2.24) is 20.4 Å². The number of rotatable bonds is 10. The van der Waals surface area contributed by atoms with E-state index in [1.165, 1.54) is 11.1 Å². The number of hydrogen-bond donors (Lipinski definition) is 2. The van der Waals surface area contributed by atoms with Gasteiger partial charge in [-0.05, 0) is 34.4 Å². The number of nitrogens with zero attached hydrogens (tertiary/aromatic N) is 2. The van der Waals surface area contributed by atoms with Crippen LogP contribution in [0.15, 0.2) is 97.1 Å². The van der Waals surface area contributed by atoms with Gasteiger partial charge in [0.05, 0.1) is 0 Å². The minimum atomic E-state index is -0.0942. The van der Waals surface area contributed by atoms with E-state index in [1.807, 2.05) is 41.3 Å². The molecule has 4 rings (SSSR count). The Morgan fingerprint density at radius 2 is 1.53 bits per heavy atom. The standard InChI is InChI=1S/C30H35ClN4O/c1-24(21-34-18-16-32-17-19-34)22-35(30(36)33-20-25-12-14-28(31)15-13-25)23-29(26-8-4-2-5-9-26)27-10-6-3-7-11-27/h2-15,29,32H,1,16-23H2,(H,33,36). The molecule has 1 fully saturated rings. The molecule has 36 heavy (non-hydrogen) atoms. The lowest BCUT2D eigenvalue weighted by atomic mass is 9.90. The molecule has 3 aromatic carbocycles. The number of benzene rings is 3. The topological polar surface area (TPSA) is 47.6 Å². The number of nitrogens with one attached hydrogen (secondary N) is 2. The van der Waals surface area contributed by atoms with E-state index in [0.717, 1.165) is 43.9 Å². The highest BCUT2D eigenvalue weighted by atomic mass is 35.5. The number of hydrogen-bond acceptors (Lipinski definition) is 3. The van der Waals surface area contributed by atoms with Gasteiger partial charge in [0.15, 0.2) is 0 Å². The van der Waals surface area contributed by atoms with Gasteiger partial charge < -0.3 is 15.5 Å². The number of amides is 2. The second kappa shape index (κ2) is 13.3. The second-order valence-corrected chi connectivity index (χ2v) is 9.75. The Morgan fingerprint density at radius 1 is 0.944 bits per heavy atom. The Bertz CT molecular complexity index is 1060. The molecule has 6 heteroatoms. The average Bonchev–Trinajstić information content (AvgIpc) is 2.92. The summed E-state index contributed by atoms with van der Waals surface area (Å²) in [6.07, 6.45) is 0. The molecule has 1 heterocycles. The molecule has 2 N–H and O–H groups in total. The highest BCUT2D eigenvalue weighted by molar-refractivity contribution is 6.30. The molecule has 5 nitrogen and oxygen atoms in total. The highest BCUT2D eigenvalue weighted by Gasteiger charge is 2.23. The fourth-order valence-corrected chi connectivity index (χ4v) is 4.74. The molecular weight excluding hydrogens is 468 g/mol. The van der Waals surface area contributed by atoms with E-state index in [-0.39, 0.29) is 11.9 Å². The first-order chi connectivity index (χ1) is 17.6. The second-order valence-electron chi connectivity index (χ2n) is 9.32. The van der Waals surface area contributed by atoms with Crippen LogP contribution in [-0.2, 0) is 6.54 Å². The number of carbonyl (C=O) groups is 1. The van der Waals surface area contributed by atoms with Gasteiger partial charge in [-0.15, -0.1) is 0 Å². The smallest absolute Gasteiger partial charge is 0.317 e. The van der Waals surface area contributed by atoms with Gasteiger partial charge in [0.25, 0.3) is 0 Å². The van der Waals surface area contributed by atoms with Crippen LogP contribution < -0.4 is 10.6 Å². The lowest BCUT2D eigenvalue weighted by Crippen LogP contribution is -2.46. The predicted molar refractivity (Wildman–Crippen MR) is 148 cm³/mol. The zero-order valence-corrected chi connectivity index (χ0v) is 21.5. The molecule has 1 aliphatic rings. The Kier molecular flexibility index (Phi) is 9.56. The Balaban J connectivity index is 1.52. The lowest BCUT2D eigenvalue weighted by Gasteiger charge is -2.32. The maximum Gasteiger partial charge on any atom is 0.317 e. The molecule has 0 unspecified atom stereocenters. The summed E-state index contributed by atoms with van der Waals surface area (Å²) >= 11 is 6.02. The van der Waals surface area contributed by atoms with Crippen molar-refractivity contribution in [3.63, 3.8) is 0 Å². The van der Waals surface area contributed by atoms with E-state index in [0.29, 0.717) is 24.7 Å². The predicted octanol–water partition coefficient (Wildman–Crippen LogP) is 5.15. The summed E-state index contributed by atoms with van der Waals surface area (Å²) in [6, 6.07) is 28.3. The van der Waals surface area contributed by atoms with Crippen LogP contribution in [0.5, 0.6) is 0 Å². The summed E-state index contributed by atoms with van der Waals surface area (Å²) in [5.41, 5.74) is 4.42. The lowest BCUT2D eigenvalue weighted by molar-refractivity contribution is 0.196. The summed E-state index contributed by atoms with van der Waals surface area (Å²) < 4.78 is 0. The van der Waals surface area contributed by atoms with Crippen LogP contribution in [0.4, 0.5) is 4.79 Å². The monoisotopic (exact) mass is 502 g/mol. The van der Waals surface area contributed by atoms with Crippen molar-refractivity contribution in [2.24, 2.45) is 0 Å². The van der Waals surface area contributed by atoms with Crippen LogP contribution in [0.1, 0.15) is 22.6 Å². The van der Waals surface area contributed by atoms with Gasteiger partial charge in [-0.3, -0.25) is 4.90 Å². The Labute approximate surface area is 219 Å². The fourth-order valence-electron chi connectivity index (χ4n) is 4.61. The van der Waals surface area contributed by atoms with Crippen LogP contribution in [-0.4, -0.2) is 61.6 Å². The van der Waals surface area contributed by atoms with Gasteiger partial charge in [0.2, 0.25) is 0 Å². The molecule has 0 spiro atoms. The summed E-state index contributed by atoms with van der Waals surface area (Å²) in [5.74, 6) is 0.0562. The first-order valence-corrected chi connectivity index (χ1v) is 12.9. The van der Waals surface area contributed by atoms with E-state index in [1.54, 1.807) is 0 Å². The van der Waals surface area contributed by atoms with E-state index >= 15 is 0 Å². The average molecular weight is 503 g/mol. The summed E-state index contributed by atoms with van der Waals surface area (Å²) in [5, 5.41) is 7.19. The molecule has 0 aromatic heterocycles. The molecule has 0 saturated carbocycles. The van der Waals surface area contributed by atoms with Crippen molar-refractivity contribution >= 4 is 17.6 Å². The first-order valence-electron chi connectivity index (χ1n) is 12.6. The normalized spacial score (nSPS) is 13.9. The molecule has 188 valence electrons. The molecule has 0 bridgehead atoms. The van der Waals surface area contributed by atoms with Gasteiger partial charge in [-0.1, -0.05) is 91.0 Å². The van der Waals surface area contributed by atoms with E-state index in [9.17, 15) is 4.79 Å². The summed E-state index contributed by atoms with van der Waals surface area (Å²) in [6.45, 7) is 10.6. The van der Waals surface area contributed by atoms with Crippen molar-refractivity contribution in [1.29, 1.82) is 0 Å². The quantitative estimate of drug-likeness (QED) is 0.377. The molecule has 2 amide bonds. The molecule has 3 aromatic rings. The zero-order valence-electron chi connectivity index (χ0n) is 20.7. The third kappa shape index (κ3) is 7.69.